The third-order valence-corrected chi connectivity index (χ3v) is 3.82. The standard InChI is InChI=1S/C15H13BrF3NO3.ClH/c1-22-11-7-6-10(16)12(14(11)21)13(20)8-2-4-9(5-3-8)23-15(17,18)19;/h2-7,13,21H,20H2,1H3;1H/t13-;/m1./s1. The fourth-order valence-electron chi connectivity index (χ4n) is 2.07. The first-order valence-electron chi connectivity index (χ1n) is 6.39. The first kappa shape index (κ1) is 20.4. The SMILES string of the molecule is COc1ccc(Br)c([C@H](N)c2ccc(OC(F)(F)F)cc2)c1O.Cl. The normalized spacial score (nSPS) is 12.2. The number of halogens is 5. The molecule has 2 aromatic rings. The first-order valence-corrected chi connectivity index (χ1v) is 7.19. The number of hydrogen-bond donors (Lipinski definition) is 2. The number of hydrogen-bond acceptors (Lipinski definition) is 4. The first-order chi connectivity index (χ1) is 10.7. The predicted octanol–water partition coefficient (Wildman–Crippen LogP) is 4.53. The van der Waals surface area contributed by atoms with Gasteiger partial charge in [0, 0.05) is 10.0 Å². The van der Waals surface area contributed by atoms with Crippen molar-refractivity contribution < 1.29 is 27.8 Å². The van der Waals surface area contributed by atoms with Crippen molar-refractivity contribution in [2.24, 2.45) is 5.73 Å². The molecule has 132 valence electrons. The van der Waals surface area contributed by atoms with Crippen LogP contribution < -0.4 is 15.2 Å². The lowest BCUT2D eigenvalue weighted by atomic mass is 9.98. The van der Waals surface area contributed by atoms with Gasteiger partial charge in [-0.25, -0.2) is 0 Å². The second kappa shape index (κ2) is 7.96. The molecule has 0 unspecified atom stereocenters. The Morgan fingerprint density at radius 2 is 1.71 bits per heavy atom. The Hall–Kier alpha value is -1.64. The van der Waals surface area contributed by atoms with Gasteiger partial charge in [-0.1, -0.05) is 28.1 Å². The minimum atomic E-state index is -4.75. The van der Waals surface area contributed by atoms with E-state index >= 15 is 0 Å². The highest BCUT2D eigenvalue weighted by atomic mass is 79.9. The number of rotatable bonds is 4. The van der Waals surface area contributed by atoms with Crippen molar-refractivity contribution in [2.75, 3.05) is 7.11 Å². The minimum absolute atomic E-state index is 0. The highest BCUT2D eigenvalue weighted by Gasteiger charge is 2.31. The van der Waals surface area contributed by atoms with Crippen LogP contribution in [0.2, 0.25) is 0 Å². The maximum atomic E-state index is 12.2. The second-order valence-corrected chi connectivity index (χ2v) is 5.46. The molecule has 2 rings (SSSR count). The summed E-state index contributed by atoms with van der Waals surface area (Å²) in [5.74, 6) is -0.233. The van der Waals surface area contributed by atoms with Crippen LogP contribution in [0.4, 0.5) is 13.2 Å². The van der Waals surface area contributed by atoms with Gasteiger partial charge in [0.1, 0.15) is 5.75 Å². The van der Waals surface area contributed by atoms with E-state index in [1.54, 1.807) is 12.1 Å². The Balaban J connectivity index is 0.00000288. The average molecular weight is 429 g/mol. The molecule has 4 nitrogen and oxygen atoms in total. The Morgan fingerprint density at radius 1 is 1.12 bits per heavy atom. The van der Waals surface area contributed by atoms with E-state index in [1.165, 1.54) is 19.2 Å². The summed E-state index contributed by atoms with van der Waals surface area (Å²) in [5, 5.41) is 10.2. The van der Waals surface area contributed by atoms with E-state index in [0.29, 0.717) is 15.6 Å². The molecule has 0 radical (unpaired) electrons. The van der Waals surface area contributed by atoms with Gasteiger partial charge in [-0.05, 0) is 29.8 Å². The summed E-state index contributed by atoms with van der Waals surface area (Å²) in [7, 11) is 1.40. The van der Waals surface area contributed by atoms with Crippen molar-refractivity contribution in [2.45, 2.75) is 12.4 Å². The summed E-state index contributed by atoms with van der Waals surface area (Å²) in [6.07, 6.45) is -4.75. The van der Waals surface area contributed by atoms with Gasteiger partial charge in [0.25, 0.3) is 0 Å². The topological polar surface area (TPSA) is 64.7 Å². The molecule has 0 aromatic heterocycles. The van der Waals surface area contributed by atoms with Gasteiger partial charge in [-0.3, -0.25) is 0 Å². The molecule has 3 N–H and O–H groups in total. The maximum absolute atomic E-state index is 12.2. The fraction of sp³-hybridized carbons (Fsp3) is 0.200. The number of ether oxygens (including phenoxy) is 2. The summed E-state index contributed by atoms with van der Waals surface area (Å²) in [5.41, 5.74) is 6.98. The lowest BCUT2D eigenvalue weighted by Crippen LogP contribution is -2.17. The summed E-state index contributed by atoms with van der Waals surface area (Å²) in [4.78, 5) is 0. The van der Waals surface area contributed by atoms with E-state index in [-0.39, 0.29) is 29.7 Å². The van der Waals surface area contributed by atoms with Gasteiger partial charge in [-0.2, -0.15) is 0 Å². The van der Waals surface area contributed by atoms with Crippen molar-refractivity contribution in [1.29, 1.82) is 0 Å². The van der Waals surface area contributed by atoms with Crippen molar-refractivity contribution in [1.82, 2.24) is 0 Å². The van der Waals surface area contributed by atoms with Crippen LogP contribution in [-0.4, -0.2) is 18.6 Å². The smallest absolute Gasteiger partial charge is 0.504 e. The van der Waals surface area contributed by atoms with Crippen LogP contribution in [0.5, 0.6) is 17.2 Å². The summed E-state index contributed by atoms with van der Waals surface area (Å²) in [6, 6.07) is 7.58. The van der Waals surface area contributed by atoms with E-state index in [0.717, 1.165) is 12.1 Å². The van der Waals surface area contributed by atoms with Crippen molar-refractivity contribution >= 4 is 28.3 Å². The molecule has 0 spiro atoms. The molecule has 0 bridgehead atoms. The van der Waals surface area contributed by atoms with Crippen LogP contribution in [0, 0.1) is 0 Å². The average Bonchev–Trinajstić information content (AvgIpc) is 2.46. The largest absolute Gasteiger partial charge is 0.573 e. The van der Waals surface area contributed by atoms with Crippen LogP contribution in [-0.2, 0) is 0 Å². The third kappa shape index (κ3) is 4.68. The second-order valence-electron chi connectivity index (χ2n) is 4.61. The molecule has 0 saturated carbocycles. The van der Waals surface area contributed by atoms with Crippen LogP contribution in [0.3, 0.4) is 0 Å². The Bertz CT molecular complexity index is 696. The molecule has 0 saturated heterocycles. The van der Waals surface area contributed by atoms with E-state index < -0.39 is 12.4 Å². The highest BCUT2D eigenvalue weighted by Crippen LogP contribution is 2.40. The lowest BCUT2D eigenvalue weighted by Gasteiger charge is -2.18. The van der Waals surface area contributed by atoms with Crippen LogP contribution in [0.25, 0.3) is 0 Å². The van der Waals surface area contributed by atoms with Crippen LogP contribution >= 0.6 is 28.3 Å². The van der Waals surface area contributed by atoms with Gasteiger partial charge in [0.2, 0.25) is 0 Å². The maximum Gasteiger partial charge on any atom is 0.573 e. The van der Waals surface area contributed by atoms with Gasteiger partial charge < -0.3 is 20.3 Å². The number of phenolic OH excluding ortho intramolecular Hbond substituents is 1. The van der Waals surface area contributed by atoms with Gasteiger partial charge in [-0.15, -0.1) is 25.6 Å². The molecule has 1 atom stereocenters. The number of aromatic hydroxyl groups is 1. The number of methoxy groups -OCH3 is 1. The summed E-state index contributed by atoms with van der Waals surface area (Å²) >= 11 is 3.29. The molecule has 0 aliphatic rings. The molecule has 24 heavy (non-hydrogen) atoms. The van der Waals surface area contributed by atoms with E-state index in [9.17, 15) is 18.3 Å². The number of alkyl halides is 3. The lowest BCUT2D eigenvalue weighted by molar-refractivity contribution is -0.274. The molecule has 0 fully saturated rings. The molecular weight excluding hydrogens is 415 g/mol. The van der Waals surface area contributed by atoms with Crippen LogP contribution in [0.1, 0.15) is 17.2 Å². The molecule has 0 aliphatic heterocycles. The number of nitrogens with two attached hydrogens (primary N) is 1. The van der Waals surface area contributed by atoms with E-state index in [4.69, 9.17) is 10.5 Å². The zero-order valence-electron chi connectivity index (χ0n) is 12.3. The molecule has 2 aromatic carbocycles. The summed E-state index contributed by atoms with van der Waals surface area (Å²) in [6.45, 7) is 0. The quantitative estimate of drug-likeness (QED) is 0.751. The minimum Gasteiger partial charge on any atom is -0.504 e. The number of phenols is 1. The Labute approximate surface area is 150 Å². The van der Waals surface area contributed by atoms with E-state index in [1.807, 2.05) is 0 Å². The van der Waals surface area contributed by atoms with Gasteiger partial charge in [0.15, 0.2) is 11.5 Å². The molecule has 0 amide bonds. The zero-order chi connectivity index (χ0) is 17.2. The number of benzene rings is 2. The highest BCUT2D eigenvalue weighted by molar-refractivity contribution is 9.10. The zero-order valence-corrected chi connectivity index (χ0v) is 14.7. The fourth-order valence-corrected chi connectivity index (χ4v) is 2.63. The molecule has 0 heterocycles. The Kier molecular flexibility index (Phi) is 6.76. The van der Waals surface area contributed by atoms with Crippen LogP contribution in [0.15, 0.2) is 40.9 Å². The monoisotopic (exact) mass is 427 g/mol. The van der Waals surface area contributed by atoms with Crippen molar-refractivity contribution in [3.63, 3.8) is 0 Å². The molecule has 0 aliphatic carbocycles. The van der Waals surface area contributed by atoms with Gasteiger partial charge >= 0.3 is 6.36 Å². The predicted molar refractivity (Wildman–Crippen MR) is 88.8 cm³/mol. The van der Waals surface area contributed by atoms with Crippen molar-refractivity contribution in [3.8, 4) is 17.2 Å². The Morgan fingerprint density at radius 3 is 2.21 bits per heavy atom. The van der Waals surface area contributed by atoms with Crippen molar-refractivity contribution in [3.05, 3.63) is 52.0 Å². The van der Waals surface area contributed by atoms with E-state index in [2.05, 4.69) is 20.7 Å². The molecule has 9 heteroatoms. The third-order valence-electron chi connectivity index (χ3n) is 3.13. The molecular formula is C15H14BrClF3NO3. The van der Waals surface area contributed by atoms with Gasteiger partial charge in [0.05, 0.1) is 13.2 Å². The summed E-state index contributed by atoms with van der Waals surface area (Å²) < 4.78 is 45.9.